The summed E-state index contributed by atoms with van der Waals surface area (Å²) in [7, 11) is -1.87. The summed E-state index contributed by atoms with van der Waals surface area (Å²) in [4.78, 5) is 13.2. The van der Waals surface area contributed by atoms with Crippen LogP contribution in [0.1, 0.15) is 32.6 Å². The maximum absolute atomic E-state index is 13.0. The van der Waals surface area contributed by atoms with Crippen LogP contribution >= 0.6 is 0 Å². The molecule has 190 valence electrons. The van der Waals surface area contributed by atoms with E-state index in [0.29, 0.717) is 42.7 Å². The van der Waals surface area contributed by atoms with Crippen molar-refractivity contribution in [2.45, 2.75) is 49.8 Å². The molecule has 0 unspecified atom stereocenters. The average molecular weight is 513 g/mol. The molecule has 2 N–H and O–H groups in total. The van der Waals surface area contributed by atoms with Crippen molar-refractivity contribution in [3.05, 3.63) is 31.1 Å². The number of hydrogen-bond donors (Lipinski definition) is 2. The summed E-state index contributed by atoms with van der Waals surface area (Å²) >= 11 is 0. The van der Waals surface area contributed by atoms with E-state index < -0.39 is 10.0 Å². The Labute approximate surface area is 208 Å². The normalized spacial score (nSPS) is 21.5. The first kappa shape index (κ1) is 22.9. The van der Waals surface area contributed by atoms with Crippen LogP contribution < -0.4 is 10.1 Å². The van der Waals surface area contributed by atoms with Crippen LogP contribution in [0.4, 0.5) is 5.95 Å². The molecule has 1 saturated carbocycles. The third-order valence-electron chi connectivity index (χ3n) is 6.91. The van der Waals surface area contributed by atoms with Crippen LogP contribution in [0.3, 0.4) is 0 Å². The Morgan fingerprint density at radius 3 is 2.72 bits per heavy atom. The first-order chi connectivity index (χ1) is 17.4. The number of nitrogens with one attached hydrogen (secondary N) is 2. The largest absolute Gasteiger partial charge is 0.473 e. The maximum atomic E-state index is 13.0. The number of aromatic nitrogens is 8. The number of rotatable bonds is 7. The van der Waals surface area contributed by atoms with Crippen molar-refractivity contribution in [1.82, 2.24) is 43.6 Å². The number of sulfonamides is 1. The molecule has 1 aliphatic heterocycles. The molecule has 0 amide bonds. The highest BCUT2D eigenvalue weighted by Gasteiger charge is 2.35. The summed E-state index contributed by atoms with van der Waals surface area (Å²) in [5.41, 5.74) is 2.04. The lowest BCUT2D eigenvalue weighted by molar-refractivity contribution is 0.112. The van der Waals surface area contributed by atoms with Gasteiger partial charge in [-0.1, -0.05) is 6.92 Å². The van der Waals surface area contributed by atoms with Crippen LogP contribution in [0.15, 0.2) is 36.1 Å². The van der Waals surface area contributed by atoms with E-state index in [0.717, 1.165) is 24.8 Å². The lowest BCUT2D eigenvalue weighted by atomic mass is 9.95. The number of nitrogens with zero attached hydrogens (tertiary/aromatic N) is 8. The third-order valence-corrected chi connectivity index (χ3v) is 8.66. The molecular formula is C22H28N10O3S. The van der Waals surface area contributed by atoms with Gasteiger partial charge in [0.05, 0.1) is 18.7 Å². The molecule has 0 bridgehead atoms. The number of aryl methyl sites for hydroxylation is 1. The topological polar surface area (TPSA) is 148 Å². The highest BCUT2D eigenvalue weighted by molar-refractivity contribution is 7.89. The molecule has 1 saturated heterocycles. The van der Waals surface area contributed by atoms with Gasteiger partial charge in [0.2, 0.25) is 11.8 Å². The van der Waals surface area contributed by atoms with Crippen molar-refractivity contribution in [2.75, 3.05) is 18.4 Å². The number of imidazole rings is 1. The number of piperidine rings is 1. The van der Waals surface area contributed by atoms with Crippen molar-refractivity contribution in [3.8, 4) is 17.1 Å². The van der Waals surface area contributed by atoms with Gasteiger partial charge in [-0.15, -0.1) is 5.10 Å². The number of hydrogen-bond acceptors (Lipinski definition) is 9. The fraction of sp³-hybridized carbons (Fsp3) is 0.500. The molecule has 14 heteroatoms. The molecule has 0 spiro atoms. The minimum Gasteiger partial charge on any atom is -0.473 e. The molecule has 2 atom stereocenters. The molecule has 13 nitrogen and oxygen atoms in total. The van der Waals surface area contributed by atoms with Gasteiger partial charge in [0, 0.05) is 44.1 Å². The van der Waals surface area contributed by atoms with E-state index in [9.17, 15) is 8.42 Å². The fourth-order valence-electron chi connectivity index (χ4n) is 4.59. The van der Waals surface area contributed by atoms with Crippen LogP contribution in [0, 0.1) is 5.92 Å². The van der Waals surface area contributed by atoms with Crippen molar-refractivity contribution >= 4 is 21.6 Å². The Morgan fingerprint density at radius 1 is 1.19 bits per heavy atom. The minimum atomic E-state index is -3.63. The third kappa shape index (κ3) is 4.09. The van der Waals surface area contributed by atoms with Gasteiger partial charge >= 0.3 is 0 Å². The summed E-state index contributed by atoms with van der Waals surface area (Å²) in [6.45, 7) is 2.79. The van der Waals surface area contributed by atoms with Gasteiger partial charge in [-0.2, -0.15) is 18.9 Å². The van der Waals surface area contributed by atoms with Gasteiger partial charge in [-0.25, -0.2) is 18.4 Å². The van der Waals surface area contributed by atoms with Gasteiger partial charge in [0.15, 0.2) is 10.7 Å². The Bertz CT molecular complexity index is 1480. The van der Waals surface area contributed by atoms with Crippen LogP contribution in [-0.2, 0) is 17.1 Å². The average Bonchev–Trinajstić information content (AvgIpc) is 3.58. The molecule has 4 aromatic rings. The Morgan fingerprint density at radius 2 is 2.06 bits per heavy atom. The van der Waals surface area contributed by atoms with Gasteiger partial charge in [0.25, 0.3) is 10.0 Å². The van der Waals surface area contributed by atoms with E-state index in [1.165, 1.54) is 16.8 Å². The molecule has 0 aromatic carbocycles. The Hall–Kier alpha value is -3.52. The SMILES string of the molecule is C[C@@H]1CN(S(=O)(=O)c2cn(C)cn2)CC[C@@H]1Nc1nc2cnc(-c3cn[nH]c3)c(OC3CCC3)n2n1. The van der Waals surface area contributed by atoms with Gasteiger partial charge in [-0.3, -0.25) is 5.10 Å². The lowest BCUT2D eigenvalue weighted by Gasteiger charge is -2.35. The van der Waals surface area contributed by atoms with Crippen molar-refractivity contribution < 1.29 is 13.2 Å². The zero-order valence-electron chi connectivity index (χ0n) is 20.1. The number of ether oxygens (including phenoxy) is 1. The summed E-state index contributed by atoms with van der Waals surface area (Å²) in [5.74, 6) is 1.04. The van der Waals surface area contributed by atoms with Crippen LogP contribution in [-0.4, -0.2) is 77.3 Å². The van der Waals surface area contributed by atoms with E-state index in [4.69, 9.17) is 9.84 Å². The van der Waals surface area contributed by atoms with Crippen molar-refractivity contribution in [3.63, 3.8) is 0 Å². The molecule has 2 aliphatic rings. The van der Waals surface area contributed by atoms with Gasteiger partial charge in [0.1, 0.15) is 11.8 Å². The fourth-order valence-corrected chi connectivity index (χ4v) is 6.11. The Kier molecular flexibility index (Phi) is 5.63. The Balaban J connectivity index is 1.22. The second-order valence-electron chi connectivity index (χ2n) is 9.53. The number of fused-ring (bicyclic) bond motifs is 1. The smallest absolute Gasteiger partial charge is 0.262 e. The van der Waals surface area contributed by atoms with Gasteiger partial charge in [-0.05, 0) is 31.6 Å². The minimum absolute atomic E-state index is 0.00917. The second kappa shape index (κ2) is 8.85. The zero-order chi connectivity index (χ0) is 24.9. The summed E-state index contributed by atoms with van der Waals surface area (Å²) in [6.07, 6.45) is 12.1. The first-order valence-electron chi connectivity index (χ1n) is 12.0. The molecule has 0 radical (unpaired) electrons. The maximum Gasteiger partial charge on any atom is 0.262 e. The summed E-state index contributed by atoms with van der Waals surface area (Å²) in [5, 5.41) is 15.0. The van der Waals surface area contributed by atoms with Crippen LogP contribution in [0.25, 0.3) is 16.9 Å². The molecule has 5 heterocycles. The molecule has 6 rings (SSSR count). The zero-order valence-corrected chi connectivity index (χ0v) is 20.9. The predicted molar refractivity (Wildman–Crippen MR) is 130 cm³/mol. The molecular weight excluding hydrogens is 484 g/mol. The van der Waals surface area contributed by atoms with E-state index in [1.807, 2.05) is 6.92 Å². The monoisotopic (exact) mass is 512 g/mol. The second-order valence-corrected chi connectivity index (χ2v) is 11.4. The van der Waals surface area contributed by atoms with Crippen molar-refractivity contribution in [2.24, 2.45) is 13.0 Å². The summed E-state index contributed by atoms with van der Waals surface area (Å²) in [6, 6.07) is 0.00917. The highest BCUT2D eigenvalue weighted by Crippen LogP contribution is 2.33. The lowest BCUT2D eigenvalue weighted by Crippen LogP contribution is -2.47. The van der Waals surface area contributed by atoms with Gasteiger partial charge < -0.3 is 14.6 Å². The highest BCUT2D eigenvalue weighted by atomic mass is 32.2. The number of anilines is 1. The quantitative estimate of drug-likeness (QED) is 0.377. The standard InChI is InChI=1S/C22H28N10O3S/c1-14-11-31(36(33,34)19-12-30(2)13-24-19)7-6-17(14)27-22-28-18-10-23-20(15-8-25-26-9-15)21(32(18)29-22)35-16-4-3-5-16/h8-10,12-14,16-17H,3-7,11H2,1-2H3,(H,25,26)(H,27,29)/t14-,17+/m1/s1. The first-order valence-corrected chi connectivity index (χ1v) is 13.5. The van der Waals surface area contributed by atoms with E-state index in [2.05, 4.69) is 30.5 Å². The van der Waals surface area contributed by atoms with Crippen LogP contribution in [0.5, 0.6) is 5.88 Å². The van der Waals surface area contributed by atoms with E-state index in [1.54, 1.807) is 34.7 Å². The summed E-state index contributed by atoms with van der Waals surface area (Å²) < 4.78 is 37.1. The van der Waals surface area contributed by atoms with Crippen molar-refractivity contribution in [1.29, 1.82) is 0 Å². The molecule has 2 fully saturated rings. The van der Waals surface area contributed by atoms with E-state index in [-0.39, 0.29) is 23.1 Å². The van der Waals surface area contributed by atoms with Crippen LogP contribution in [0.2, 0.25) is 0 Å². The number of H-pyrrole nitrogens is 1. The molecule has 36 heavy (non-hydrogen) atoms. The van der Waals surface area contributed by atoms with E-state index >= 15 is 0 Å². The number of aromatic amines is 1. The predicted octanol–water partition coefficient (Wildman–Crippen LogP) is 1.69. The molecule has 1 aliphatic carbocycles. The molecule has 4 aromatic heterocycles.